The first-order valence-corrected chi connectivity index (χ1v) is 6.08. The number of nitrogens with zero attached hydrogens (tertiary/aromatic N) is 2. The van der Waals surface area contributed by atoms with Crippen molar-refractivity contribution in [1.82, 2.24) is 10.3 Å². The number of carboxylic acid groups (broad SMARTS) is 1. The van der Waals surface area contributed by atoms with Crippen LogP contribution in [0.3, 0.4) is 0 Å². The summed E-state index contributed by atoms with van der Waals surface area (Å²) in [5, 5.41) is 11.7. The number of nitrogens with one attached hydrogen (secondary N) is 1. The molecule has 1 aromatic rings. The van der Waals surface area contributed by atoms with Crippen LogP contribution in [0.5, 0.6) is 0 Å². The molecule has 0 atom stereocenters. The van der Waals surface area contributed by atoms with E-state index in [1.165, 1.54) is 12.3 Å². The number of amides is 1. The Balaban J connectivity index is 2.80. The largest absolute Gasteiger partial charge is 0.478 e. The number of halogens is 1. The summed E-state index contributed by atoms with van der Waals surface area (Å²) in [6, 6.07) is 1.36. The minimum atomic E-state index is -1.10. The van der Waals surface area contributed by atoms with E-state index in [0.717, 1.165) is 0 Å². The number of hydrogen-bond acceptors (Lipinski definition) is 4. The number of aromatic nitrogens is 1. The van der Waals surface area contributed by atoms with Gasteiger partial charge in [0.25, 0.3) is 0 Å². The van der Waals surface area contributed by atoms with E-state index < -0.39 is 5.97 Å². The van der Waals surface area contributed by atoms with E-state index >= 15 is 0 Å². The maximum absolute atomic E-state index is 11.6. The van der Waals surface area contributed by atoms with Gasteiger partial charge >= 0.3 is 5.97 Å². The smallest absolute Gasteiger partial charge is 0.337 e. The molecule has 0 unspecified atom stereocenters. The van der Waals surface area contributed by atoms with Crippen LogP contribution in [0, 0.1) is 0 Å². The van der Waals surface area contributed by atoms with Crippen molar-refractivity contribution in [3.63, 3.8) is 0 Å². The third kappa shape index (κ3) is 4.40. The third-order valence-electron chi connectivity index (χ3n) is 2.26. The molecule has 0 fully saturated rings. The monoisotopic (exact) mass is 285 g/mol. The lowest BCUT2D eigenvalue weighted by atomic mass is 10.3. The van der Waals surface area contributed by atoms with Gasteiger partial charge < -0.3 is 15.3 Å². The van der Waals surface area contributed by atoms with E-state index in [1.807, 2.05) is 13.8 Å². The summed E-state index contributed by atoms with van der Waals surface area (Å²) in [6.07, 6.45) is 1.21. The van der Waals surface area contributed by atoms with Crippen molar-refractivity contribution in [2.75, 3.05) is 18.5 Å². The number of likely N-dealkylation sites (N-methyl/N-ethyl adjacent to an activating group) is 1. The van der Waals surface area contributed by atoms with Gasteiger partial charge in [0.2, 0.25) is 5.91 Å². The van der Waals surface area contributed by atoms with E-state index in [9.17, 15) is 9.59 Å². The third-order valence-corrected chi connectivity index (χ3v) is 2.54. The van der Waals surface area contributed by atoms with Crippen LogP contribution in [0.4, 0.5) is 5.82 Å². The molecular formula is C12H16ClN3O3. The summed E-state index contributed by atoms with van der Waals surface area (Å²) in [5.41, 5.74) is 0.00813. The Kier molecular flexibility index (Phi) is 5.11. The van der Waals surface area contributed by atoms with Gasteiger partial charge in [-0.1, -0.05) is 11.6 Å². The fraction of sp³-hybridized carbons (Fsp3) is 0.417. The van der Waals surface area contributed by atoms with Crippen LogP contribution >= 0.6 is 11.6 Å². The van der Waals surface area contributed by atoms with Crippen LogP contribution in [0.15, 0.2) is 12.3 Å². The summed E-state index contributed by atoms with van der Waals surface area (Å²) in [6.45, 7) is 3.83. The van der Waals surface area contributed by atoms with Gasteiger partial charge in [-0.25, -0.2) is 9.78 Å². The lowest BCUT2D eigenvalue weighted by Crippen LogP contribution is -2.38. The summed E-state index contributed by atoms with van der Waals surface area (Å²) in [5.74, 6) is -0.885. The number of anilines is 1. The number of carbonyl (C=O) groups is 2. The molecule has 6 nitrogen and oxygen atoms in total. The zero-order valence-electron chi connectivity index (χ0n) is 11.0. The van der Waals surface area contributed by atoms with Gasteiger partial charge in [-0.3, -0.25) is 4.79 Å². The molecule has 0 aromatic carbocycles. The molecule has 0 bridgehead atoms. The highest BCUT2D eigenvalue weighted by atomic mass is 35.5. The number of carbonyl (C=O) groups excluding carboxylic acids is 1. The first-order chi connectivity index (χ1) is 8.81. The van der Waals surface area contributed by atoms with Crippen molar-refractivity contribution >= 4 is 29.3 Å². The molecular weight excluding hydrogens is 270 g/mol. The molecule has 1 amide bonds. The van der Waals surface area contributed by atoms with E-state index in [2.05, 4.69) is 10.3 Å². The molecule has 0 aliphatic rings. The standard InChI is InChI=1S/C12H16ClN3O3/c1-7(2)15-10(17)6-16(3)11-9(13)4-8(5-14-11)12(18)19/h4-5,7H,6H2,1-3H3,(H,15,17)(H,18,19). The Hall–Kier alpha value is -1.82. The predicted octanol–water partition coefficient (Wildman–Crippen LogP) is 1.39. The molecule has 1 rings (SSSR count). The van der Waals surface area contributed by atoms with Gasteiger partial charge in [-0.2, -0.15) is 0 Å². The van der Waals surface area contributed by atoms with Gasteiger partial charge in [0.05, 0.1) is 17.1 Å². The second-order valence-corrected chi connectivity index (χ2v) is 4.82. The van der Waals surface area contributed by atoms with Crippen molar-refractivity contribution in [3.05, 3.63) is 22.8 Å². The first-order valence-electron chi connectivity index (χ1n) is 5.70. The highest BCUT2D eigenvalue weighted by Crippen LogP contribution is 2.22. The minimum Gasteiger partial charge on any atom is -0.478 e. The summed E-state index contributed by atoms with van der Waals surface area (Å²) in [4.78, 5) is 27.9. The molecule has 0 aliphatic heterocycles. The van der Waals surface area contributed by atoms with Gasteiger partial charge in [0.1, 0.15) is 5.82 Å². The Morgan fingerprint density at radius 1 is 1.53 bits per heavy atom. The summed E-state index contributed by atoms with van der Waals surface area (Å²) in [7, 11) is 1.66. The van der Waals surface area contributed by atoms with E-state index in [-0.39, 0.29) is 29.1 Å². The summed E-state index contributed by atoms with van der Waals surface area (Å²) < 4.78 is 0. The number of hydrogen-bond donors (Lipinski definition) is 2. The van der Waals surface area contributed by atoms with Crippen LogP contribution in [-0.4, -0.2) is 41.6 Å². The fourth-order valence-corrected chi connectivity index (χ4v) is 1.80. The van der Waals surface area contributed by atoms with E-state index in [0.29, 0.717) is 5.82 Å². The second-order valence-electron chi connectivity index (χ2n) is 4.41. The topological polar surface area (TPSA) is 82.5 Å². The van der Waals surface area contributed by atoms with E-state index in [4.69, 9.17) is 16.7 Å². The molecule has 2 N–H and O–H groups in total. The molecule has 1 heterocycles. The molecule has 0 saturated heterocycles. The molecule has 19 heavy (non-hydrogen) atoms. The number of rotatable bonds is 5. The van der Waals surface area contributed by atoms with Crippen molar-refractivity contribution in [2.45, 2.75) is 19.9 Å². The molecule has 7 heteroatoms. The average molecular weight is 286 g/mol. The first kappa shape index (κ1) is 15.2. The van der Waals surface area contributed by atoms with Crippen LogP contribution in [0.25, 0.3) is 0 Å². The van der Waals surface area contributed by atoms with Gasteiger partial charge in [0.15, 0.2) is 0 Å². The number of aromatic carboxylic acids is 1. The molecule has 1 aromatic heterocycles. The Bertz CT molecular complexity index is 491. The molecule has 0 radical (unpaired) electrons. The average Bonchev–Trinajstić information content (AvgIpc) is 2.26. The fourth-order valence-electron chi connectivity index (χ4n) is 1.49. The van der Waals surface area contributed by atoms with Crippen molar-refractivity contribution in [2.24, 2.45) is 0 Å². The van der Waals surface area contributed by atoms with Crippen LogP contribution in [0.1, 0.15) is 24.2 Å². The Morgan fingerprint density at radius 3 is 2.63 bits per heavy atom. The summed E-state index contributed by atoms with van der Waals surface area (Å²) >= 11 is 5.96. The SMILES string of the molecule is CC(C)NC(=O)CN(C)c1ncc(C(=O)O)cc1Cl. The lowest BCUT2D eigenvalue weighted by Gasteiger charge is -2.19. The molecule has 0 aliphatic carbocycles. The maximum atomic E-state index is 11.6. The lowest BCUT2D eigenvalue weighted by molar-refractivity contribution is -0.120. The quantitative estimate of drug-likeness (QED) is 0.854. The highest BCUT2D eigenvalue weighted by molar-refractivity contribution is 6.33. The van der Waals surface area contributed by atoms with Gasteiger partial charge in [-0.05, 0) is 19.9 Å². The predicted molar refractivity (Wildman–Crippen MR) is 72.8 cm³/mol. The van der Waals surface area contributed by atoms with Crippen LogP contribution in [0.2, 0.25) is 5.02 Å². The second kappa shape index (κ2) is 6.38. The van der Waals surface area contributed by atoms with E-state index in [1.54, 1.807) is 11.9 Å². The van der Waals surface area contributed by atoms with Crippen LogP contribution < -0.4 is 10.2 Å². The highest BCUT2D eigenvalue weighted by Gasteiger charge is 2.14. The molecule has 104 valence electrons. The van der Waals surface area contributed by atoms with Crippen LogP contribution in [-0.2, 0) is 4.79 Å². The zero-order valence-corrected chi connectivity index (χ0v) is 11.7. The Morgan fingerprint density at radius 2 is 2.16 bits per heavy atom. The zero-order chi connectivity index (χ0) is 14.6. The van der Waals surface area contributed by atoms with Crippen molar-refractivity contribution in [3.8, 4) is 0 Å². The van der Waals surface area contributed by atoms with Crippen molar-refractivity contribution < 1.29 is 14.7 Å². The molecule has 0 spiro atoms. The van der Waals surface area contributed by atoms with Gasteiger partial charge in [-0.15, -0.1) is 0 Å². The minimum absolute atomic E-state index is 0.00813. The molecule has 0 saturated carbocycles. The maximum Gasteiger partial charge on any atom is 0.337 e. The van der Waals surface area contributed by atoms with Crippen molar-refractivity contribution in [1.29, 1.82) is 0 Å². The number of pyridine rings is 1. The number of carboxylic acids is 1. The van der Waals surface area contributed by atoms with Gasteiger partial charge in [0, 0.05) is 19.3 Å². The Labute approximate surface area is 116 Å². The normalized spacial score (nSPS) is 10.4.